The number of β-amino-alcohol motifs (C(OH)–C–C–N with tert-alkyl or cyclic N) is 1. The van der Waals surface area contributed by atoms with E-state index in [2.05, 4.69) is 5.32 Å². The fourth-order valence-electron chi connectivity index (χ4n) is 3.78. The average molecular weight is 429 g/mol. The maximum absolute atomic E-state index is 13.4. The first-order chi connectivity index (χ1) is 13.8. The van der Waals surface area contributed by atoms with Crippen molar-refractivity contribution in [2.24, 2.45) is 5.92 Å². The zero-order chi connectivity index (χ0) is 21.4. The summed E-state index contributed by atoms with van der Waals surface area (Å²) in [6, 6.07) is 7.29. The monoisotopic (exact) mass is 428 g/mol. The number of carbonyl (C=O) groups excluding carboxylic acids is 2. The third kappa shape index (κ3) is 6.97. The summed E-state index contributed by atoms with van der Waals surface area (Å²) in [5.74, 6) is -0.272. The minimum absolute atomic E-state index is 0.0176. The molecule has 3 N–H and O–H groups in total. The number of rotatable bonds is 4. The first-order valence-electron chi connectivity index (χ1n) is 9.56. The van der Waals surface area contributed by atoms with Crippen molar-refractivity contribution in [2.45, 2.75) is 50.4 Å². The SMILES string of the molecule is O=C(Cc1cccc(Cl)c1)NC1CCC(C(=O)N2C[C@@H](O)[C@H](F)C2)CC1.O=CO. The number of alkyl halides is 1. The van der Waals surface area contributed by atoms with E-state index in [4.69, 9.17) is 21.5 Å². The molecule has 7 nitrogen and oxygen atoms in total. The van der Waals surface area contributed by atoms with Crippen molar-refractivity contribution < 1.29 is 29.0 Å². The molecular formula is C20H26ClFN2O5. The summed E-state index contributed by atoms with van der Waals surface area (Å²) < 4.78 is 13.4. The van der Waals surface area contributed by atoms with Crippen LogP contribution in [-0.4, -0.2) is 64.8 Å². The number of nitrogens with zero attached hydrogens (tertiary/aromatic N) is 1. The zero-order valence-corrected chi connectivity index (χ0v) is 16.7. The highest BCUT2D eigenvalue weighted by atomic mass is 35.5. The largest absolute Gasteiger partial charge is 0.483 e. The van der Waals surface area contributed by atoms with Crippen molar-refractivity contribution in [3.05, 3.63) is 34.9 Å². The van der Waals surface area contributed by atoms with Crippen LogP contribution >= 0.6 is 11.6 Å². The number of likely N-dealkylation sites (tertiary alicyclic amines) is 1. The Bertz CT molecular complexity index is 702. The molecule has 0 unspecified atom stereocenters. The molecule has 0 bridgehead atoms. The Morgan fingerprint density at radius 1 is 1.24 bits per heavy atom. The summed E-state index contributed by atoms with van der Waals surface area (Å²) in [6.07, 6.45) is 0.667. The molecule has 29 heavy (non-hydrogen) atoms. The standard InChI is InChI=1S/C19H24ClFN2O3.CH2O2/c20-14-3-1-2-12(8-14)9-18(25)22-15-6-4-13(5-7-15)19(26)23-10-16(21)17(24)11-23;2-1-3/h1-3,8,13,15-17,24H,4-7,9-11H2,(H,22,25);1H,(H,2,3)/t13?,15?,16-,17-;/m1./s1. The van der Waals surface area contributed by atoms with Gasteiger partial charge in [0.15, 0.2) is 0 Å². The molecule has 0 radical (unpaired) electrons. The molecule has 1 aliphatic carbocycles. The molecule has 1 saturated carbocycles. The molecule has 1 saturated heterocycles. The lowest BCUT2D eigenvalue weighted by molar-refractivity contribution is -0.136. The zero-order valence-electron chi connectivity index (χ0n) is 16.0. The Balaban J connectivity index is 0.000000941. The van der Waals surface area contributed by atoms with Crippen molar-refractivity contribution >= 4 is 29.9 Å². The van der Waals surface area contributed by atoms with E-state index in [0.717, 1.165) is 18.4 Å². The van der Waals surface area contributed by atoms with E-state index in [9.17, 15) is 19.1 Å². The molecule has 0 spiro atoms. The summed E-state index contributed by atoms with van der Waals surface area (Å²) in [5.41, 5.74) is 0.868. The van der Waals surface area contributed by atoms with Gasteiger partial charge in [0.1, 0.15) is 12.3 Å². The molecule has 2 atom stereocenters. The third-order valence-corrected chi connectivity index (χ3v) is 5.46. The van der Waals surface area contributed by atoms with Gasteiger partial charge >= 0.3 is 0 Å². The number of amides is 2. The van der Waals surface area contributed by atoms with E-state index < -0.39 is 12.3 Å². The number of nitrogens with one attached hydrogen (secondary N) is 1. The lowest BCUT2D eigenvalue weighted by Crippen LogP contribution is -2.42. The summed E-state index contributed by atoms with van der Waals surface area (Å²) >= 11 is 5.93. The molecule has 1 aromatic rings. The van der Waals surface area contributed by atoms with Crippen molar-refractivity contribution in [2.75, 3.05) is 13.1 Å². The molecule has 3 rings (SSSR count). The number of carboxylic acid groups (broad SMARTS) is 1. The van der Waals surface area contributed by atoms with Crippen molar-refractivity contribution in [3.8, 4) is 0 Å². The highest BCUT2D eigenvalue weighted by Crippen LogP contribution is 2.28. The van der Waals surface area contributed by atoms with Gasteiger partial charge in [0.05, 0.1) is 13.0 Å². The lowest BCUT2D eigenvalue weighted by Gasteiger charge is -2.30. The number of aliphatic hydroxyl groups is 1. The molecule has 1 aliphatic heterocycles. The number of aliphatic hydroxyl groups excluding tert-OH is 1. The maximum Gasteiger partial charge on any atom is 0.290 e. The summed E-state index contributed by atoms with van der Waals surface area (Å²) in [5, 5.41) is 20.0. The van der Waals surface area contributed by atoms with E-state index in [0.29, 0.717) is 17.9 Å². The smallest absolute Gasteiger partial charge is 0.290 e. The second-order valence-corrected chi connectivity index (χ2v) is 7.79. The van der Waals surface area contributed by atoms with Crippen LogP contribution in [0.5, 0.6) is 0 Å². The Labute approximate surface area is 173 Å². The van der Waals surface area contributed by atoms with Crippen LogP contribution in [0.3, 0.4) is 0 Å². The van der Waals surface area contributed by atoms with Gasteiger partial charge in [0, 0.05) is 23.5 Å². The molecular weight excluding hydrogens is 403 g/mol. The van der Waals surface area contributed by atoms with Crippen LogP contribution in [0.15, 0.2) is 24.3 Å². The first kappa shape index (κ1) is 23.1. The van der Waals surface area contributed by atoms with Gasteiger partial charge in [-0.1, -0.05) is 23.7 Å². The van der Waals surface area contributed by atoms with Gasteiger partial charge in [-0.05, 0) is 43.4 Å². The fourth-order valence-corrected chi connectivity index (χ4v) is 3.99. The highest BCUT2D eigenvalue weighted by molar-refractivity contribution is 6.30. The van der Waals surface area contributed by atoms with E-state index >= 15 is 0 Å². The normalized spacial score (nSPS) is 26.2. The van der Waals surface area contributed by atoms with Gasteiger partial charge < -0.3 is 20.4 Å². The molecule has 1 aromatic carbocycles. The molecule has 2 fully saturated rings. The van der Waals surface area contributed by atoms with Crippen molar-refractivity contribution in [1.82, 2.24) is 10.2 Å². The van der Waals surface area contributed by atoms with Crippen LogP contribution in [-0.2, 0) is 20.8 Å². The van der Waals surface area contributed by atoms with Crippen molar-refractivity contribution in [3.63, 3.8) is 0 Å². The van der Waals surface area contributed by atoms with Crippen LogP contribution < -0.4 is 5.32 Å². The third-order valence-electron chi connectivity index (χ3n) is 5.23. The first-order valence-corrected chi connectivity index (χ1v) is 9.94. The fraction of sp³-hybridized carbons (Fsp3) is 0.550. The Hall–Kier alpha value is -2.19. The quantitative estimate of drug-likeness (QED) is 0.634. The van der Waals surface area contributed by atoms with Crippen molar-refractivity contribution in [1.29, 1.82) is 0 Å². The lowest BCUT2D eigenvalue weighted by atomic mass is 9.85. The molecule has 0 aromatic heterocycles. The van der Waals surface area contributed by atoms with E-state index in [1.54, 1.807) is 12.1 Å². The van der Waals surface area contributed by atoms with Crippen LogP contribution in [0.4, 0.5) is 4.39 Å². The Morgan fingerprint density at radius 3 is 2.45 bits per heavy atom. The predicted octanol–water partition coefficient (Wildman–Crippen LogP) is 1.80. The minimum atomic E-state index is -1.35. The van der Waals surface area contributed by atoms with E-state index in [-0.39, 0.29) is 49.8 Å². The Morgan fingerprint density at radius 2 is 1.90 bits per heavy atom. The summed E-state index contributed by atoms with van der Waals surface area (Å²) in [6.45, 7) is -0.188. The molecule has 160 valence electrons. The topological polar surface area (TPSA) is 107 Å². The van der Waals surface area contributed by atoms with Crippen LogP contribution in [0.2, 0.25) is 5.02 Å². The molecule has 9 heteroatoms. The van der Waals surface area contributed by atoms with Gasteiger partial charge in [0.25, 0.3) is 6.47 Å². The van der Waals surface area contributed by atoms with Crippen LogP contribution in [0.25, 0.3) is 0 Å². The number of hydrogen-bond acceptors (Lipinski definition) is 4. The number of benzene rings is 1. The average Bonchev–Trinajstić information content (AvgIpc) is 3.01. The highest BCUT2D eigenvalue weighted by Gasteiger charge is 2.37. The second kappa shape index (κ2) is 11.1. The second-order valence-electron chi connectivity index (χ2n) is 7.35. The Kier molecular flexibility index (Phi) is 8.85. The number of carbonyl (C=O) groups is 3. The predicted molar refractivity (Wildman–Crippen MR) is 105 cm³/mol. The van der Waals surface area contributed by atoms with Gasteiger partial charge in [-0.25, -0.2) is 4.39 Å². The van der Waals surface area contributed by atoms with Gasteiger partial charge in [-0.2, -0.15) is 0 Å². The minimum Gasteiger partial charge on any atom is -0.483 e. The van der Waals surface area contributed by atoms with E-state index in [1.807, 2.05) is 12.1 Å². The molecule has 2 aliphatic rings. The van der Waals surface area contributed by atoms with Gasteiger partial charge in [0.2, 0.25) is 11.8 Å². The van der Waals surface area contributed by atoms with Crippen LogP contribution in [0.1, 0.15) is 31.2 Å². The number of halogens is 2. The summed E-state index contributed by atoms with van der Waals surface area (Å²) in [7, 11) is 0. The van der Waals surface area contributed by atoms with Gasteiger partial charge in [-0.15, -0.1) is 0 Å². The molecule has 2 amide bonds. The van der Waals surface area contributed by atoms with E-state index in [1.165, 1.54) is 4.90 Å². The maximum atomic E-state index is 13.4. The summed E-state index contributed by atoms with van der Waals surface area (Å²) in [4.78, 5) is 34.4. The number of hydrogen-bond donors (Lipinski definition) is 3. The molecule has 1 heterocycles. The van der Waals surface area contributed by atoms with Gasteiger partial charge in [-0.3, -0.25) is 14.4 Å². The van der Waals surface area contributed by atoms with Crippen LogP contribution in [0, 0.1) is 5.92 Å².